The van der Waals surface area contributed by atoms with Gasteiger partial charge in [0.15, 0.2) is 0 Å². The van der Waals surface area contributed by atoms with Gasteiger partial charge in [-0.25, -0.2) is 4.98 Å². The molecule has 0 saturated carbocycles. The van der Waals surface area contributed by atoms with Crippen molar-refractivity contribution in [2.24, 2.45) is 0 Å². The van der Waals surface area contributed by atoms with Gasteiger partial charge < -0.3 is 9.47 Å². The zero-order chi connectivity index (χ0) is 15.4. The van der Waals surface area contributed by atoms with Crippen LogP contribution in [0.4, 0.5) is 8.78 Å². The van der Waals surface area contributed by atoms with Crippen LogP contribution < -0.4 is 4.74 Å². The number of halogens is 2. The lowest BCUT2D eigenvalue weighted by atomic mass is 10.1. The molecule has 0 bridgehead atoms. The topological polar surface area (TPSA) is 34.6 Å². The number of hydrogen-bond acceptors (Lipinski definition) is 5. The maximum atomic E-state index is 12.1. The normalized spacial score (nSPS) is 19.5. The van der Waals surface area contributed by atoms with Crippen molar-refractivity contribution in [3.05, 3.63) is 46.4 Å². The van der Waals surface area contributed by atoms with Gasteiger partial charge in [0.05, 0.1) is 23.9 Å². The Bertz CT molecular complexity index is 578. The van der Waals surface area contributed by atoms with Crippen molar-refractivity contribution in [3.8, 4) is 5.75 Å². The van der Waals surface area contributed by atoms with E-state index in [4.69, 9.17) is 4.74 Å². The van der Waals surface area contributed by atoms with E-state index in [0.717, 1.165) is 30.9 Å². The molecule has 0 aliphatic carbocycles. The Labute approximate surface area is 131 Å². The van der Waals surface area contributed by atoms with Crippen molar-refractivity contribution in [1.29, 1.82) is 0 Å². The first-order valence-electron chi connectivity index (χ1n) is 6.96. The molecular weight excluding hydrogens is 310 g/mol. The van der Waals surface area contributed by atoms with E-state index in [1.807, 2.05) is 10.9 Å². The van der Waals surface area contributed by atoms with E-state index in [-0.39, 0.29) is 11.9 Å². The lowest BCUT2D eigenvalue weighted by molar-refractivity contribution is -0.0500. The van der Waals surface area contributed by atoms with Crippen LogP contribution in [0.15, 0.2) is 35.2 Å². The molecule has 1 fully saturated rings. The molecule has 2 heterocycles. The van der Waals surface area contributed by atoms with Crippen molar-refractivity contribution in [2.45, 2.75) is 19.3 Å². The summed E-state index contributed by atoms with van der Waals surface area (Å²) >= 11 is 1.59. The van der Waals surface area contributed by atoms with Gasteiger partial charge in [-0.2, -0.15) is 8.78 Å². The van der Waals surface area contributed by atoms with Crippen LogP contribution in [0.5, 0.6) is 5.75 Å². The smallest absolute Gasteiger partial charge is 0.387 e. The number of ether oxygens (including phenoxy) is 2. The number of alkyl halides is 2. The third-order valence-electron chi connectivity index (χ3n) is 3.50. The van der Waals surface area contributed by atoms with Gasteiger partial charge in [0.25, 0.3) is 0 Å². The van der Waals surface area contributed by atoms with Gasteiger partial charge >= 0.3 is 6.61 Å². The average molecular weight is 326 g/mol. The monoisotopic (exact) mass is 326 g/mol. The second kappa shape index (κ2) is 7.13. The molecule has 1 aliphatic rings. The lowest BCUT2D eigenvalue weighted by Gasteiger charge is -2.32. The Kier molecular flexibility index (Phi) is 4.97. The van der Waals surface area contributed by atoms with Crippen molar-refractivity contribution in [2.75, 3.05) is 19.7 Å². The summed E-state index contributed by atoms with van der Waals surface area (Å²) in [5.74, 6) is 0.161. The summed E-state index contributed by atoms with van der Waals surface area (Å²) in [6, 6.07) is 6.64. The summed E-state index contributed by atoms with van der Waals surface area (Å²) in [5.41, 5.74) is 3.85. The number of rotatable bonds is 5. The van der Waals surface area contributed by atoms with Crippen molar-refractivity contribution in [3.63, 3.8) is 0 Å². The Morgan fingerprint density at radius 2 is 2.18 bits per heavy atom. The highest BCUT2D eigenvalue weighted by Gasteiger charge is 2.22. The Hall–Kier alpha value is -1.57. The minimum Gasteiger partial charge on any atom is -0.435 e. The first-order chi connectivity index (χ1) is 10.7. The molecule has 0 radical (unpaired) electrons. The number of aromatic nitrogens is 1. The number of nitrogens with zero attached hydrogens (tertiary/aromatic N) is 2. The predicted octanol–water partition coefficient (Wildman–Crippen LogP) is 3.32. The third-order valence-corrected chi connectivity index (χ3v) is 4.13. The molecule has 1 aliphatic heterocycles. The summed E-state index contributed by atoms with van der Waals surface area (Å²) < 4.78 is 34.4. The van der Waals surface area contributed by atoms with Gasteiger partial charge in [-0.1, -0.05) is 12.1 Å². The fourth-order valence-corrected chi connectivity index (χ4v) is 3.01. The Morgan fingerprint density at radius 3 is 2.86 bits per heavy atom. The highest BCUT2D eigenvalue weighted by molar-refractivity contribution is 7.07. The lowest BCUT2D eigenvalue weighted by Crippen LogP contribution is -2.37. The molecule has 3 rings (SSSR count). The highest BCUT2D eigenvalue weighted by atomic mass is 32.1. The van der Waals surface area contributed by atoms with Crippen LogP contribution >= 0.6 is 11.3 Å². The van der Waals surface area contributed by atoms with Crippen molar-refractivity contribution in [1.82, 2.24) is 9.88 Å². The van der Waals surface area contributed by atoms with Crippen LogP contribution in [-0.2, 0) is 11.3 Å². The molecule has 1 saturated heterocycles. The Morgan fingerprint density at radius 1 is 1.36 bits per heavy atom. The van der Waals surface area contributed by atoms with Crippen LogP contribution in [0.3, 0.4) is 0 Å². The largest absolute Gasteiger partial charge is 0.435 e. The van der Waals surface area contributed by atoms with Crippen LogP contribution in [0.1, 0.15) is 17.4 Å². The van der Waals surface area contributed by atoms with Crippen molar-refractivity contribution >= 4 is 11.3 Å². The molecule has 7 heteroatoms. The first kappa shape index (κ1) is 15.3. The minimum atomic E-state index is -2.80. The quantitative estimate of drug-likeness (QED) is 0.844. The zero-order valence-corrected chi connectivity index (χ0v) is 12.6. The second-order valence-corrected chi connectivity index (χ2v) is 5.74. The standard InChI is InChI=1S/C15H16F2N2O2S/c16-15(17)21-13-3-1-11(2-4-13)14-8-19(5-6-20-14)7-12-9-22-10-18-12/h1-4,9-10,14-15H,5-8H2/t14-/m0/s1. The van der Waals surface area contributed by atoms with Gasteiger partial charge in [-0.3, -0.25) is 4.90 Å². The summed E-state index contributed by atoms with van der Waals surface area (Å²) in [6.45, 7) is 0.262. The fraction of sp³-hybridized carbons (Fsp3) is 0.400. The van der Waals surface area contributed by atoms with Crippen LogP contribution in [0.25, 0.3) is 0 Å². The molecule has 118 valence electrons. The van der Waals surface area contributed by atoms with E-state index in [1.54, 1.807) is 35.6 Å². The number of hydrogen-bond donors (Lipinski definition) is 0. The SMILES string of the molecule is FC(F)Oc1ccc([C@@H]2CN(Cc3cscn3)CCO2)cc1. The van der Waals surface area contributed by atoms with Gasteiger partial charge in [-0.05, 0) is 17.7 Å². The van der Waals surface area contributed by atoms with E-state index in [0.29, 0.717) is 6.61 Å². The predicted molar refractivity (Wildman–Crippen MR) is 79.2 cm³/mol. The Balaban J connectivity index is 1.61. The summed E-state index contributed by atoms with van der Waals surface area (Å²) in [6.07, 6.45) is -0.0621. The van der Waals surface area contributed by atoms with E-state index < -0.39 is 6.61 Å². The van der Waals surface area contributed by atoms with E-state index in [9.17, 15) is 8.78 Å². The molecule has 0 spiro atoms. The van der Waals surface area contributed by atoms with Gasteiger partial charge in [0.1, 0.15) is 5.75 Å². The summed E-state index contributed by atoms with van der Waals surface area (Å²) in [7, 11) is 0. The molecule has 0 amide bonds. The van der Waals surface area contributed by atoms with Crippen LogP contribution in [0, 0.1) is 0 Å². The summed E-state index contributed by atoms with van der Waals surface area (Å²) in [5, 5.41) is 2.04. The van der Waals surface area contributed by atoms with E-state index in [2.05, 4.69) is 14.6 Å². The molecule has 1 aromatic heterocycles. The molecule has 1 aromatic carbocycles. The van der Waals surface area contributed by atoms with Gasteiger partial charge in [0.2, 0.25) is 0 Å². The zero-order valence-electron chi connectivity index (χ0n) is 11.8. The molecule has 22 heavy (non-hydrogen) atoms. The molecule has 4 nitrogen and oxygen atoms in total. The maximum Gasteiger partial charge on any atom is 0.387 e. The second-order valence-electron chi connectivity index (χ2n) is 5.02. The van der Waals surface area contributed by atoms with Gasteiger partial charge in [-0.15, -0.1) is 11.3 Å². The van der Waals surface area contributed by atoms with Gasteiger partial charge in [0, 0.05) is 25.0 Å². The van der Waals surface area contributed by atoms with E-state index >= 15 is 0 Å². The molecule has 0 N–H and O–H groups in total. The molecular formula is C15H16F2N2O2S. The highest BCUT2D eigenvalue weighted by Crippen LogP contribution is 2.25. The third kappa shape index (κ3) is 4.00. The van der Waals surface area contributed by atoms with Crippen LogP contribution in [-0.4, -0.2) is 36.2 Å². The van der Waals surface area contributed by atoms with E-state index in [1.165, 1.54) is 0 Å². The summed E-state index contributed by atoms with van der Waals surface area (Å²) in [4.78, 5) is 6.58. The number of benzene rings is 1. The number of morpholine rings is 1. The minimum absolute atomic E-state index is 0.0621. The molecule has 2 aromatic rings. The average Bonchev–Trinajstić information content (AvgIpc) is 3.01. The first-order valence-corrected chi connectivity index (χ1v) is 7.91. The number of thiazole rings is 1. The fourth-order valence-electron chi connectivity index (χ4n) is 2.46. The molecule has 0 unspecified atom stereocenters. The molecule has 1 atom stereocenters. The van der Waals surface area contributed by atoms with Crippen molar-refractivity contribution < 1.29 is 18.3 Å². The maximum absolute atomic E-state index is 12.1. The van der Waals surface area contributed by atoms with Crippen LogP contribution in [0.2, 0.25) is 0 Å².